The number of hydrazine groups is 1. The van der Waals surface area contributed by atoms with Crippen molar-refractivity contribution in [3.05, 3.63) is 54.3 Å². The van der Waals surface area contributed by atoms with Crippen molar-refractivity contribution in [3.63, 3.8) is 0 Å². The van der Waals surface area contributed by atoms with Crippen LogP contribution in [-0.4, -0.2) is 37.5 Å². The zero-order valence-corrected chi connectivity index (χ0v) is 14.8. The molecule has 8 nitrogen and oxygen atoms in total. The van der Waals surface area contributed by atoms with Crippen LogP contribution in [-0.2, 0) is 14.4 Å². The normalized spacial score (nSPS) is 12.6. The minimum atomic E-state index is -0.649. The highest BCUT2D eigenvalue weighted by Crippen LogP contribution is 2.31. The molecular formula is C19H18FN3O5. The smallest absolute Gasteiger partial charge is 0.276 e. The first kappa shape index (κ1) is 19.2. The number of anilines is 1. The number of carbonyl (C=O) groups excluding carboxylic acids is 3. The lowest BCUT2D eigenvalue weighted by Gasteiger charge is -2.29. The van der Waals surface area contributed by atoms with Crippen LogP contribution < -0.4 is 25.2 Å². The number of halogens is 1. The van der Waals surface area contributed by atoms with Crippen molar-refractivity contribution < 1.29 is 28.2 Å². The van der Waals surface area contributed by atoms with Crippen LogP contribution in [0.5, 0.6) is 11.5 Å². The van der Waals surface area contributed by atoms with Gasteiger partial charge < -0.3 is 14.4 Å². The van der Waals surface area contributed by atoms with Gasteiger partial charge in [0.2, 0.25) is 5.91 Å². The molecule has 28 heavy (non-hydrogen) atoms. The first-order valence-corrected chi connectivity index (χ1v) is 8.52. The Morgan fingerprint density at radius 3 is 2.61 bits per heavy atom. The summed E-state index contributed by atoms with van der Waals surface area (Å²) in [6.45, 7) is -0.425. The third kappa shape index (κ3) is 4.76. The van der Waals surface area contributed by atoms with E-state index in [2.05, 4.69) is 10.9 Å². The molecule has 9 heteroatoms. The fraction of sp³-hybridized carbons (Fsp3) is 0.211. The molecule has 146 valence electrons. The Morgan fingerprint density at radius 1 is 1.07 bits per heavy atom. The molecule has 1 heterocycles. The molecule has 0 aromatic heterocycles. The van der Waals surface area contributed by atoms with Crippen LogP contribution in [0.4, 0.5) is 10.1 Å². The average molecular weight is 387 g/mol. The number of nitrogens with one attached hydrogen (secondary N) is 2. The van der Waals surface area contributed by atoms with Gasteiger partial charge in [-0.25, -0.2) is 4.39 Å². The fourth-order valence-electron chi connectivity index (χ4n) is 2.56. The molecule has 3 amide bonds. The van der Waals surface area contributed by atoms with Crippen LogP contribution in [0.2, 0.25) is 0 Å². The Kier molecular flexibility index (Phi) is 6.05. The molecule has 0 bridgehead atoms. The Labute approximate surface area is 160 Å². The molecule has 0 spiro atoms. The Hall–Kier alpha value is -3.62. The fourth-order valence-corrected chi connectivity index (χ4v) is 2.56. The second-order valence-corrected chi connectivity index (χ2v) is 5.87. The minimum absolute atomic E-state index is 0.0332. The van der Waals surface area contributed by atoms with Gasteiger partial charge in [-0.1, -0.05) is 24.3 Å². The standard InChI is InChI=1S/C19H18FN3O5/c20-13-5-1-3-7-15(13)27-11-18(25)22-21-17(24)9-10-23-14-6-2-4-8-16(14)28-12-19(23)26/h1-8H,9-12H2,(H,21,24)(H,22,25). The molecule has 0 saturated carbocycles. The van der Waals surface area contributed by atoms with Crippen LogP contribution in [0.3, 0.4) is 0 Å². The van der Waals surface area contributed by atoms with E-state index in [1.165, 1.54) is 23.1 Å². The van der Waals surface area contributed by atoms with E-state index in [0.29, 0.717) is 11.4 Å². The summed E-state index contributed by atoms with van der Waals surface area (Å²) in [4.78, 5) is 37.1. The number of hydrogen-bond acceptors (Lipinski definition) is 5. The van der Waals surface area contributed by atoms with Gasteiger partial charge in [0.1, 0.15) is 5.75 Å². The highest BCUT2D eigenvalue weighted by molar-refractivity contribution is 5.98. The number of amides is 3. The Bertz CT molecular complexity index is 889. The number of rotatable bonds is 6. The topological polar surface area (TPSA) is 97.0 Å². The second kappa shape index (κ2) is 8.85. The van der Waals surface area contributed by atoms with Crippen LogP contribution in [0.25, 0.3) is 0 Å². The number of ether oxygens (including phenoxy) is 2. The highest BCUT2D eigenvalue weighted by atomic mass is 19.1. The number of hydrogen-bond donors (Lipinski definition) is 2. The Balaban J connectivity index is 1.43. The summed E-state index contributed by atoms with van der Waals surface area (Å²) in [7, 11) is 0. The molecule has 0 unspecified atom stereocenters. The van der Waals surface area contributed by atoms with Crippen molar-refractivity contribution in [3.8, 4) is 11.5 Å². The van der Waals surface area contributed by atoms with Crippen LogP contribution >= 0.6 is 0 Å². The van der Waals surface area contributed by atoms with Gasteiger partial charge in [-0.3, -0.25) is 25.2 Å². The first-order chi connectivity index (χ1) is 13.5. The van der Waals surface area contributed by atoms with Crippen LogP contribution in [0.1, 0.15) is 6.42 Å². The molecule has 2 N–H and O–H groups in total. The zero-order chi connectivity index (χ0) is 19.9. The number of carbonyl (C=O) groups is 3. The van der Waals surface area contributed by atoms with Crippen molar-refractivity contribution in [2.75, 3.05) is 24.7 Å². The lowest BCUT2D eigenvalue weighted by atomic mass is 10.2. The Morgan fingerprint density at radius 2 is 1.79 bits per heavy atom. The highest BCUT2D eigenvalue weighted by Gasteiger charge is 2.25. The summed E-state index contributed by atoms with van der Waals surface area (Å²) in [5.41, 5.74) is 5.00. The summed E-state index contributed by atoms with van der Waals surface area (Å²) in [6.07, 6.45) is -0.0332. The van der Waals surface area contributed by atoms with Gasteiger partial charge in [0.05, 0.1) is 5.69 Å². The lowest BCUT2D eigenvalue weighted by molar-refractivity contribution is -0.130. The number of fused-ring (bicyclic) bond motifs is 1. The maximum absolute atomic E-state index is 13.4. The van der Waals surface area contributed by atoms with Gasteiger partial charge in [-0.05, 0) is 24.3 Å². The van der Waals surface area contributed by atoms with E-state index in [4.69, 9.17) is 9.47 Å². The third-order valence-corrected chi connectivity index (χ3v) is 3.91. The molecule has 1 aliphatic heterocycles. The number of nitrogens with zero attached hydrogens (tertiary/aromatic N) is 1. The number of benzene rings is 2. The van der Waals surface area contributed by atoms with Gasteiger partial charge in [-0.15, -0.1) is 0 Å². The second-order valence-electron chi connectivity index (χ2n) is 5.87. The zero-order valence-electron chi connectivity index (χ0n) is 14.8. The summed E-state index contributed by atoms with van der Waals surface area (Å²) in [6, 6.07) is 12.7. The molecule has 3 rings (SSSR count). The van der Waals surface area contributed by atoms with E-state index >= 15 is 0 Å². The summed E-state index contributed by atoms with van der Waals surface area (Å²) in [5.74, 6) is -1.47. The van der Waals surface area contributed by atoms with Gasteiger partial charge in [0, 0.05) is 13.0 Å². The van der Waals surface area contributed by atoms with Crippen molar-refractivity contribution in [2.24, 2.45) is 0 Å². The van der Waals surface area contributed by atoms with Crippen molar-refractivity contribution >= 4 is 23.4 Å². The minimum Gasteiger partial charge on any atom is -0.482 e. The summed E-state index contributed by atoms with van der Waals surface area (Å²) < 4.78 is 23.8. The lowest BCUT2D eigenvalue weighted by Crippen LogP contribution is -2.46. The van der Waals surface area contributed by atoms with Gasteiger partial charge in [-0.2, -0.15) is 0 Å². The molecule has 2 aromatic rings. The summed E-state index contributed by atoms with van der Waals surface area (Å²) >= 11 is 0. The quantitative estimate of drug-likeness (QED) is 0.726. The van der Waals surface area contributed by atoms with E-state index < -0.39 is 24.2 Å². The number of para-hydroxylation sites is 3. The van der Waals surface area contributed by atoms with Crippen LogP contribution in [0, 0.1) is 5.82 Å². The average Bonchev–Trinajstić information content (AvgIpc) is 2.71. The monoisotopic (exact) mass is 387 g/mol. The maximum atomic E-state index is 13.4. The molecule has 0 radical (unpaired) electrons. The largest absolute Gasteiger partial charge is 0.482 e. The van der Waals surface area contributed by atoms with E-state index in [9.17, 15) is 18.8 Å². The molecule has 0 aliphatic carbocycles. The summed E-state index contributed by atoms with van der Waals surface area (Å²) in [5, 5.41) is 0. The van der Waals surface area contributed by atoms with Crippen LogP contribution in [0.15, 0.2) is 48.5 Å². The molecule has 0 atom stereocenters. The van der Waals surface area contributed by atoms with E-state index in [1.807, 2.05) is 0 Å². The molecular weight excluding hydrogens is 369 g/mol. The molecule has 2 aromatic carbocycles. The first-order valence-electron chi connectivity index (χ1n) is 8.52. The maximum Gasteiger partial charge on any atom is 0.276 e. The van der Waals surface area contributed by atoms with Crippen molar-refractivity contribution in [1.82, 2.24) is 10.9 Å². The van der Waals surface area contributed by atoms with E-state index in [-0.39, 0.29) is 31.2 Å². The SMILES string of the molecule is O=C(CCN1C(=O)COc2ccccc21)NNC(=O)COc1ccccc1F. The molecule has 0 saturated heterocycles. The van der Waals surface area contributed by atoms with Gasteiger partial charge in [0.15, 0.2) is 24.8 Å². The molecule has 1 aliphatic rings. The van der Waals surface area contributed by atoms with Crippen molar-refractivity contribution in [2.45, 2.75) is 6.42 Å². The van der Waals surface area contributed by atoms with Gasteiger partial charge in [0.25, 0.3) is 11.8 Å². The molecule has 0 fully saturated rings. The van der Waals surface area contributed by atoms with Crippen molar-refractivity contribution in [1.29, 1.82) is 0 Å². The van der Waals surface area contributed by atoms with E-state index in [0.717, 1.165) is 0 Å². The predicted octanol–water partition coefficient (Wildman–Crippen LogP) is 1.17. The third-order valence-electron chi connectivity index (χ3n) is 3.91. The van der Waals surface area contributed by atoms with E-state index in [1.54, 1.807) is 30.3 Å². The predicted molar refractivity (Wildman–Crippen MR) is 97.1 cm³/mol. The van der Waals surface area contributed by atoms with Gasteiger partial charge >= 0.3 is 0 Å².